The molecule has 28 heavy (non-hydrogen) atoms. The number of aromatic hydroxyl groups is 2. The fourth-order valence-corrected chi connectivity index (χ4v) is 4.44. The molecule has 0 atom stereocenters. The van der Waals surface area contributed by atoms with Crippen molar-refractivity contribution in [3.8, 4) is 23.0 Å². The van der Waals surface area contributed by atoms with E-state index in [0.29, 0.717) is 11.5 Å². The maximum atomic E-state index is 10.8. The van der Waals surface area contributed by atoms with Crippen LogP contribution in [0, 0.1) is 41.5 Å². The summed E-state index contributed by atoms with van der Waals surface area (Å²) in [6.07, 6.45) is 0. The molecule has 0 saturated heterocycles. The minimum atomic E-state index is -0.115. The van der Waals surface area contributed by atoms with E-state index < -0.39 is 0 Å². The van der Waals surface area contributed by atoms with Crippen molar-refractivity contribution >= 4 is 0 Å². The van der Waals surface area contributed by atoms with Crippen molar-refractivity contribution in [1.29, 1.82) is 0 Å². The molecule has 0 unspecified atom stereocenters. The van der Waals surface area contributed by atoms with E-state index in [-0.39, 0.29) is 5.92 Å². The lowest BCUT2D eigenvalue weighted by molar-refractivity contribution is 0.422. The van der Waals surface area contributed by atoms with Gasteiger partial charge in [-0.15, -0.1) is 0 Å². The molecular weight excluding hydrogens is 348 g/mol. The fourth-order valence-electron chi connectivity index (χ4n) is 4.44. The second-order valence-electron chi connectivity index (χ2n) is 7.88. The summed E-state index contributed by atoms with van der Waals surface area (Å²) in [5.74, 6) is 2.16. The number of phenols is 2. The van der Waals surface area contributed by atoms with Crippen LogP contribution in [0.2, 0.25) is 0 Å². The first-order valence-electron chi connectivity index (χ1n) is 9.63. The van der Waals surface area contributed by atoms with Gasteiger partial charge in [-0.1, -0.05) is 30.3 Å². The summed E-state index contributed by atoms with van der Waals surface area (Å²) in [7, 11) is 0. The van der Waals surface area contributed by atoms with E-state index in [2.05, 4.69) is 12.1 Å². The largest absolute Gasteiger partial charge is 0.507 e. The molecule has 0 fully saturated rings. The lowest BCUT2D eigenvalue weighted by Gasteiger charge is -2.35. The summed E-state index contributed by atoms with van der Waals surface area (Å²) in [6.45, 7) is 11.7. The summed E-state index contributed by atoms with van der Waals surface area (Å²) in [5, 5.41) is 21.5. The molecule has 1 heterocycles. The third-order valence-corrected chi connectivity index (χ3v) is 6.44. The number of hydrogen-bond donors (Lipinski definition) is 2. The third kappa shape index (κ3) is 2.35. The van der Waals surface area contributed by atoms with E-state index in [0.717, 1.165) is 61.6 Å². The summed E-state index contributed by atoms with van der Waals surface area (Å²) in [5.41, 5.74) is 8.32. The van der Waals surface area contributed by atoms with Crippen LogP contribution in [0.3, 0.4) is 0 Å². The van der Waals surface area contributed by atoms with E-state index in [9.17, 15) is 10.2 Å². The Bertz CT molecular complexity index is 1040. The Labute approximate surface area is 166 Å². The van der Waals surface area contributed by atoms with Crippen LogP contribution in [0.25, 0.3) is 0 Å². The van der Waals surface area contributed by atoms with Crippen molar-refractivity contribution in [2.24, 2.45) is 0 Å². The summed E-state index contributed by atoms with van der Waals surface area (Å²) in [6, 6.07) is 10.2. The molecule has 1 aliphatic rings. The average Bonchev–Trinajstić information content (AvgIpc) is 2.72. The van der Waals surface area contributed by atoms with Crippen LogP contribution in [0.1, 0.15) is 56.0 Å². The molecule has 0 aromatic heterocycles. The highest BCUT2D eigenvalue weighted by Crippen LogP contribution is 2.56. The molecule has 0 spiro atoms. The van der Waals surface area contributed by atoms with Gasteiger partial charge in [0.2, 0.25) is 0 Å². The van der Waals surface area contributed by atoms with E-state index >= 15 is 0 Å². The van der Waals surface area contributed by atoms with Crippen molar-refractivity contribution in [1.82, 2.24) is 0 Å². The highest BCUT2D eigenvalue weighted by atomic mass is 16.5. The molecule has 2 N–H and O–H groups in total. The second kappa shape index (κ2) is 6.30. The highest BCUT2D eigenvalue weighted by Gasteiger charge is 2.36. The maximum absolute atomic E-state index is 10.8. The Morgan fingerprint density at radius 2 is 1.04 bits per heavy atom. The Kier molecular flexibility index (Phi) is 4.15. The number of benzene rings is 3. The molecule has 0 amide bonds. The topological polar surface area (TPSA) is 49.7 Å². The Morgan fingerprint density at radius 3 is 1.46 bits per heavy atom. The van der Waals surface area contributed by atoms with Crippen molar-refractivity contribution in [2.75, 3.05) is 0 Å². The SMILES string of the molecule is Cc1c(C)c2c(c(C)c1O)C(c1ccccc1)c1c(C)c(O)c(C)c(C)c1O2. The standard InChI is InChI=1S/C25H26O3/c1-12-14(3)24-19(16(5)22(12)26)21(18-10-8-7-9-11-18)20-17(6)23(27)13(2)15(4)25(20)28-24/h7-11,21,26-27H,1-6H3. The zero-order valence-corrected chi connectivity index (χ0v) is 17.3. The molecule has 144 valence electrons. The van der Waals surface area contributed by atoms with E-state index in [1.54, 1.807) is 0 Å². The summed E-state index contributed by atoms with van der Waals surface area (Å²) >= 11 is 0. The van der Waals surface area contributed by atoms with Crippen LogP contribution in [-0.2, 0) is 0 Å². The van der Waals surface area contributed by atoms with E-state index in [1.165, 1.54) is 0 Å². The predicted molar refractivity (Wildman–Crippen MR) is 112 cm³/mol. The lowest BCUT2D eigenvalue weighted by atomic mass is 9.76. The second-order valence-corrected chi connectivity index (χ2v) is 7.88. The maximum Gasteiger partial charge on any atom is 0.135 e. The monoisotopic (exact) mass is 374 g/mol. The minimum absolute atomic E-state index is 0.115. The molecule has 0 bridgehead atoms. The molecule has 3 aromatic carbocycles. The zero-order chi connectivity index (χ0) is 20.3. The smallest absolute Gasteiger partial charge is 0.135 e. The van der Waals surface area contributed by atoms with Gasteiger partial charge in [0.25, 0.3) is 0 Å². The number of hydrogen-bond acceptors (Lipinski definition) is 3. The van der Waals surface area contributed by atoms with Crippen LogP contribution in [-0.4, -0.2) is 10.2 Å². The van der Waals surface area contributed by atoms with Crippen LogP contribution >= 0.6 is 0 Å². The van der Waals surface area contributed by atoms with Crippen LogP contribution in [0.15, 0.2) is 30.3 Å². The summed E-state index contributed by atoms with van der Waals surface area (Å²) < 4.78 is 6.50. The minimum Gasteiger partial charge on any atom is -0.507 e. The number of ether oxygens (including phenoxy) is 1. The first kappa shape index (κ1) is 18.4. The van der Waals surface area contributed by atoms with Gasteiger partial charge < -0.3 is 14.9 Å². The Hall–Kier alpha value is -2.94. The quantitative estimate of drug-likeness (QED) is 0.415. The normalized spacial score (nSPS) is 13.1. The van der Waals surface area contributed by atoms with Gasteiger partial charge in [0.05, 0.1) is 0 Å². The molecule has 0 aliphatic carbocycles. The first-order valence-corrected chi connectivity index (χ1v) is 9.63. The van der Waals surface area contributed by atoms with Crippen molar-refractivity contribution < 1.29 is 14.9 Å². The van der Waals surface area contributed by atoms with Gasteiger partial charge in [-0.05, 0) is 80.5 Å². The molecule has 3 aromatic rings. The highest BCUT2D eigenvalue weighted by molar-refractivity contribution is 5.71. The van der Waals surface area contributed by atoms with Gasteiger partial charge in [-0.2, -0.15) is 0 Å². The molecule has 4 rings (SSSR count). The van der Waals surface area contributed by atoms with Gasteiger partial charge in [0, 0.05) is 17.0 Å². The lowest BCUT2D eigenvalue weighted by Crippen LogP contribution is -2.17. The van der Waals surface area contributed by atoms with Gasteiger partial charge in [0.1, 0.15) is 23.0 Å². The Balaban J connectivity index is 2.18. The van der Waals surface area contributed by atoms with Crippen LogP contribution in [0.4, 0.5) is 0 Å². The van der Waals surface area contributed by atoms with Gasteiger partial charge in [0.15, 0.2) is 0 Å². The summed E-state index contributed by atoms with van der Waals surface area (Å²) in [4.78, 5) is 0. The number of rotatable bonds is 1. The van der Waals surface area contributed by atoms with Crippen molar-refractivity contribution in [3.63, 3.8) is 0 Å². The molecular formula is C25H26O3. The predicted octanol–water partition coefficient (Wildman–Crippen LogP) is 6.23. The molecule has 0 saturated carbocycles. The van der Waals surface area contributed by atoms with Crippen molar-refractivity contribution in [2.45, 2.75) is 47.5 Å². The van der Waals surface area contributed by atoms with Gasteiger partial charge >= 0.3 is 0 Å². The van der Waals surface area contributed by atoms with Crippen molar-refractivity contribution in [3.05, 3.63) is 80.4 Å². The van der Waals surface area contributed by atoms with Gasteiger partial charge in [-0.3, -0.25) is 0 Å². The van der Waals surface area contributed by atoms with Gasteiger partial charge in [-0.25, -0.2) is 0 Å². The fraction of sp³-hybridized carbons (Fsp3) is 0.280. The van der Waals surface area contributed by atoms with E-state index in [4.69, 9.17) is 4.74 Å². The third-order valence-electron chi connectivity index (χ3n) is 6.44. The van der Waals surface area contributed by atoms with Crippen LogP contribution < -0.4 is 4.74 Å². The average molecular weight is 374 g/mol. The van der Waals surface area contributed by atoms with E-state index in [1.807, 2.05) is 59.7 Å². The number of phenolic OH excluding ortho intramolecular Hbond substituents is 2. The molecule has 1 aliphatic heterocycles. The van der Waals surface area contributed by atoms with Crippen LogP contribution in [0.5, 0.6) is 23.0 Å². The molecule has 3 heteroatoms. The molecule has 0 radical (unpaired) electrons. The first-order chi connectivity index (χ1) is 13.3. The number of fused-ring (bicyclic) bond motifs is 2. The zero-order valence-electron chi connectivity index (χ0n) is 17.3. The Morgan fingerprint density at radius 1 is 0.607 bits per heavy atom. The molecule has 3 nitrogen and oxygen atoms in total.